The predicted octanol–water partition coefficient (Wildman–Crippen LogP) is 2.72. The molecule has 0 aliphatic carbocycles. The van der Waals surface area contributed by atoms with Crippen LogP contribution >= 0.6 is 11.6 Å². The van der Waals surface area contributed by atoms with Gasteiger partial charge in [0.2, 0.25) is 0 Å². The molecule has 0 nitrogen and oxygen atoms in total. The Morgan fingerprint density at radius 2 is 2.25 bits per heavy atom. The molecule has 0 aliphatic rings. The molecule has 62 valence electrons. The van der Waals surface area contributed by atoms with Crippen LogP contribution in [0.25, 0.3) is 0 Å². The third-order valence-corrected chi connectivity index (χ3v) is 1.61. The van der Waals surface area contributed by atoms with Crippen molar-refractivity contribution in [1.29, 1.82) is 0 Å². The molecule has 12 heavy (non-hydrogen) atoms. The van der Waals surface area contributed by atoms with Gasteiger partial charge in [-0.1, -0.05) is 17.9 Å². The van der Waals surface area contributed by atoms with E-state index in [1.807, 2.05) is 0 Å². The summed E-state index contributed by atoms with van der Waals surface area (Å²) in [6.07, 6.45) is 0. The second-order valence-electron chi connectivity index (χ2n) is 2.40. The molecule has 0 bridgehead atoms. The summed E-state index contributed by atoms with van der Waals surface area (Å²) >= 11 is 5.36. The van der Waals surface area contributed by atoms with Gasteiger partial charge in [0.15, 0.2) is 0 Å². The molecular formula is C10H8ClF. The third-order valence-electron chi connectivity index (χ3n) is 1.47. The molecule has 0 heterocycles. The lowest BCUT2D eigenvalue weighted by Crippen LogP contribution is -1.83. The third kappa shape index (κ3) is 2.25. The Bertz CT molecular complexity index is 333. The van der Waals surface area contributed by atoms with Crippen LogP contribution in [0.2, 0.25) is 0 Å². The van der Waals surface area contributed by atoms with E-state index in [1.165, 1.54) is 6.07 Å². The molecule has 0 N–H and O–H groups in total. The van der Waals surface area contributed by atoms with Crippen LogP contribution in [0.3, 0.4) is 0 Å². The van der Waals surface area contributed by atoms with E-state index in [4.69, 9.17) is 11.6 Å². The maximum absolute atomic E-state index is 12.9. The van der Waals surface area contributed by atoms with Crippen molar-refractivity contribution in [2.45, 2.75) is 6.92 Å². The molecule has 2 heteroatoms. The minimum atomic E-state index is -0.226. The van der Waals surface area contributed by atoms with Gasteiger partial charge in [0.05, 0.1) is 5.88 Å². The summed E-state index contributed by atoms with van der Waals surface area (Å²) in [5, 5.41) is 0. The van der Waals surface area contributed by atoms with E-state index in [0.29, 0.717) is 11.1 Å². The van der Waals surface area contributed by atoms with Gasteiger partial charge in [-0.3, -0.25) is 0 Å². The number of hydrogen-bond acceptors (Lipinski definition) is 0. The van der Waals surface area contributed by atoms with E-state index >= 15 is 0 Å². The van der Waals surface area contributed by atoms with Gasteiger partial charge in [-0.05, 0) is 24.6 Å². The second kappa shape index (κ2) is 4.13. The number of benzene rings is 1. The Kier molecular flexibility index (Phi) is 3.13. The molecule has 1 aromatic carbocycles. The molecular weight excluding hydrogens is 175 g/mol. The Hall–Kier alpha value is -1.00. The van der Waals surface area contributed by atoms with Crippen molar-refractivity contribution in [3.05, 3.63) is 35.1 Å². The summed E-state index contributed by atoms with van der Waals surface area (Å²) < 4.78 is 12.9. The summed E-state index contributed by atoms with van der Waals surface area (Å²) in [4.78, 5) is 0. The summed E-state index contributed by atoms with van der Waals surface area (Å²) in [6, 6.07) is 4.89. The molecule has 0 aliphatic heterocycles. The van der Waals surface area contributed by atoms with E-state index in [-0.39, 0.29) is 11.7 Å². The standard InChI is InChI=1S/C10H8ClF/c1-8-4-5-9(3-2-6-11)7-10(8)12/h4-5,7H,6H2,1H3. The maximum atomic E-state index is 12.9. The normalized spacial score (nSPS) is 8.92. The predicted molar refractivity (Wildman–Crippen MR) is 48.7 cm³/mol. The van der Waals surface area contributed by atoms with Gasteiger partial charge < -0.3 is 0 Å². The van der Waals surface area contributed by atoms with Crippen LogP contribution in [0, 0.1) is 24.6 Å². The van der Waals surface area contributed by atoms with Crippen LogP contribution < -0.4 is 0 Å². The van der Waals surface area contributed by atoms with E-state index < -0.39 is 0 Å². The Morgan fingerprint density at radius 3 is 2.83 bits per heavy atom. The monoisotopic (exact) mass is 182 g/mol. The van der Waals surface area contributed by atoms with E-state index in [0.717, 1.165) is 0 Å². The minimum Gasteiger partial charge on any atom is -0.207 e. The van der Waals surface area contributed by atoms with Crippen LogP contribution in [-0.2, 0) is 0 Å². The van der Waals surface area contributed by atoms with Crippen molar-refractivity contribution in [2.24, 2.45) is 0 Å². The van der Waals surface area contributed by atoms with Gasteiger partial charge in [-0.2, -0.15) is 0 Å². The molecule has 0 unspecified atom stereocenters. The van der Waals surface area contributed by atoms with Gasteiger partial charge in [0, 0.05) is 5.56 Å². The first-order valence-corrected chi connectivity index (χ1v) is 4.08. The summed E-state index contributed by atoms with van der Waals surface area (Å²) in [6.45, 7) is 1.72. The number of rotatable bonds is 0. The molecule has 0 saturated carbocycles. The molecule has 1 rings (SSSR count). The molecule has 0 atom stereocenters. The number of hydrogen-bond donors (Lipinski definition) is 0. The first-order chi connectivity index (χ1) is 5.74. The quantitative estimate of drug-likeness (QED) is 0.428. The molecule has 0 fully saturated rings. The fourth-order valence-electron chi connectivity index (χ4n) is 0.806. The first kappa shape index (κ1) is 9.09. The Labute approximate surface area is 76.4 Å². The zero-order chi connectivity index (χ0) is 8.97. The smallest absolute Gasteiger partial charge is 0.127 e. The van der Waals surface area contributed by atoms with Gasteiger partial charge in [0.25, 0.3) is 0 Å². The lowest BCUT2D eigenvalue weighted by Gasteiger charge is -1.94. The van der Waals surface area contributed by atoms with E-state index in [1.54, 1.807) is 19.1 Å². The summed E-state index contributed by atoms with van der Waals surface area (Å²) in [5.74, 6) is 5.45. The van der Waals surface area contributed by atoms with Crippen molar-refractivity contribution >= 4 is 11.6 Å². The van der Waals surface area contributed by atoms with Crippen molar-refractivity contribution in [3.8, 4) is 11.8 Å². The Morgan fingerprint density at radius 1 is 1.50 bits per heavy atom. The van der Waals surface area contributed by atoms with Crippen LogP contribution in [0.4, 0.5) is 4.39 Å². The largest absolute Gasteiger partial charge is 0.207 e. The van der Waals surface area contributed by atoms with Crippen LogP contribution in [0.1, 0.15) is 11.1 Å². The summed E-state index contributed by atoms with van der Waals surface area (Å²) in [5.41, 5.74) is 1.30. The highest BCUT2D eigenvalue weighted by Gasteiger charge is 1.95. The zero-order valence-corrected chi connectivity index (χ0v) is 7.45. The summed E-state index contributed by atoms with van der Waals surface area (Å²) in [7, 11) is 0. The fourth-order valence-corrected chi connectivity index (χ4v) is 0.873. The van der Waals surface area contributed by atoms with E-state index in [9.17, 15) is 4.39 Å². The van der Waals surface area contributed by atoms with Gasteiger partial charge in [0.1, 0.15) is 5.82 Å². The first-order valence-electron chi connectivity index (χ1n) is 3.55. The average Bonchev–Trinajstić information content (AvgIpc) is 2.07. The lowest BCUT2D eigenvalue weighted by molar-refractivity contribution is 0.618. The van der Waals surface area contributed by atoms with Crippen molar-refractivity contribution in [1.82, 2.24) is 0 Å². The van der Waals surface area contributed by atoms with Gasteiger partial charge in [-0.15, -0.1) is 11.6 Å². The fraction of sp³-hybridized carbons (Fsp3) is 0.200. The Balaban J connectivity index is 2.97. The average molecular weight is 183 g/mol. The number of aryl methyl sites for hydroxylation is 1. The highest BCUT2D eigenvalue weighted by atomic mass is 35.5. The van der Waals surface area contributed by atoms with Crippen molar-refractivity contribution in [2.75, 3.05) is 5.88 Å². The van der Waals surface area contributed by atoms with Crippen molar-refractivity contribution < 1.29 is 4.39 Å². The van der Waals surface area contributed by atoms with Crippen LogP contribution in [0.5, 0.6) is 0 Å². The number of alkyl halides is 1. The molecule has 1 aromatic rings. The topological polar surface area (TPSA) is 0 Å². The van der Waals surface area contributed by atoms with Crippen molar-refractivity contribution in [3.63, 3.8) is 0 Å². The highest BCUT2D eigenvalue weighted by molar-refractivity contribution is 6.19. The SMILES string of the molecule is Cc1ccc(C#CCCl)cc1F. The molecule has 0 radical (unpaired) electrons. The van der Waals surface area contributed by atoms with E-state index in [2.05, 4.69) is 11.8 Å². The molecule has 0 saturated heterocycles. The van der Waals surface area contributed by atoms with Gasteiger partial charge in [-0.25, -0.2) is 4.39 Å². The molecule has 0 spiro atoms. The van der Waals surface area contributed by atoms with Crippen LogP contribution in [0.15, 0.2) is 18.2 Å². The maximum Gasteiger partial charge on any atom is 0.127 e. The highest BCUT2D eigenvalue weighted by Crippen LogP contribution is 2.07. The zero-order valence-electron chi connectivity index (χ0n) is 6.70. The minimum absolute atomic E-state index is 0.226. The molecule has 0 amide bonds. The van der Waals surface area contributed by atoms with Gasteiger partial charge >= 0.3 is 0 Å². The number of halogens is 2. The van der Waals surface area contributed by atoms with Crippen LogP contribution in [-0.4, -0.2) is 5.88 Å². The molecule has 0 aromatic heterocycles. The lowest BCUT2D eigenvalue weighted by atomic mass is 10.1. The second-order valence-corrected chi connectivity index (χ2v) is 2.67.